The van der Waals surface area contributed by atoms with Gasteiger partial charge in [-0.2, -0.15) is 0 Å². The highest BCUT2D eigenvalue weighted by Gasteiger charge is 2.27. The van der Waals surface area contributed by atoms with Crippen LogP contribution in [0.1, 0.15) is 10.4 Å². The van der Waals surface area contributed by atoms with Crippen LogP contribution in [0, 0.1) is 0 Å². The molecule has 1 fully saturated rings. The van der Waals surface area contributed by atoms with E-state index in [0.717, 1.165) is 22.2 Å². The molecule has 0 aliphatic carbocycles. The van der Waals surface area contributed by atoms with Gasteiger partial charge in [0.1, 0.15) is 5.75 Å². The summed E-state index contributed by atoms with van der Waals surface area (Å²) in [4.78, 5) is 34.7. The molecule has 1 N–H and O–H groups in total. The maximum Gasteiger partial charge on any atom is 0.322 e. The second-order valence-corrected chi connectivity index (χ2v) is 8.35. The second kappa shape index (κ2) is 9.85. The Morgan fingerprint density at radius 3 is 2.26 bits per heavy atom. The van der Waals surface area contributed by atoms with E-state index in [1.807, 2.05) is 77.7 Å². The summed E-state index contributed by atoms with van der Waals surface area (Å²) >= 11 is 0. The zero-order valence-corrected chi connectivity index (χ0v) is 19.5. The maximum atomic E-state index is 13.6. The van der Waals surface area contributed by atoms with Gasteiger partial charge < -0.3 is 19.9 Å². The van der Waals surface area contributed by atoms with E-state index in [9.17, 15) is 9.59 Å². The predicted molar refractivity (Wildman–Crippen MR) is 137 cm³/mol. The van der Waals surface area contributed by atoms with Gasteiger partial charge in [0.15, 0.2) is 0 Å². The number of carbonyl (C=O) groups is 2. The molecule has 3 aromatic carbocycles. The number of hydrogen-bond donors (Lipinski definition) is 1. The van der Waals surface area contributed by atoms with Crippen molar-refractivity contribution in [1.29, 1.82) is 0 Å². The van der Waals surface area contributed by atoms with Crippen LogP contribution in [0.2, 0.25) is 0 Å². The largest absolute Gasteiger partial charge is 0.495 e. The number of para-hydroxylation sites is 3. The van der Waals surface area contributed by atoms with Crippen LogP contribution in [0.5, 0.6) is 5.75 Å². The van der Waals surface area contributed by atoms with Crippen molar-refractivity contribution in [3.8, 4) is 17.0 Å². The van der Waals surface area contributed by atoms with Crippen LogP contribution < -0.4 is 10.1 Å². The molecule has 176 valence electrons. The van der Waals surface area contributed by atoms with E-state index in [1.165, 1.54) is 0 Å². The zero-order valence-electron chi connectivity index (χ0n) is 19.5. The number of fused-ring (bicyclic) bond motifs is 1. The third kappa shape index (κ3) is 4.66. The fourth-order valence-corrected chi connectivity index (χ4v) is 4.33. The van der Waals surface area contributed by atoms with Gasteiger partial charge in [-0.3, -0.25) is 4.79 Å². The lowest BCUT2D eigenvalue weighted by Crippen LogP contribution is -2.51. The first-order valence-corrected chi connectivity index (χ1v) is 11.6. The molecule has 1 aliphatic heterocycles. The molecule has 1 saturated heterocycles. The van der Waals surface area contributed by atoms with Gasteiger partial charge in [0.05, 0.1) is 29.6 Å². The van der Waals surface area contributed by atoms with E-state index in [2.05, 4.69) is 5.32 Å². The molecule has 4 aromatic rings. The topological polar surface area (TPSA) is 74.8 Å². The number of ether oxygens (including phenoxy) is 1. The first kappa shape index (κ1) is 22.4. The van der Waals surface area contributed by atoms with Crippen molar-refractivity contribution in [2.75, 3.05) is 38.6 Å². The minimum absolute atomic E-state index is 0.0504. The number of rotatable bonds is 4. The predicted octanol–water partition coefficient (Wildman–Crippen LogP) is 4.90. The van der Waals surface area contributed by atoms with Gasteiger partial charge in [-0.15, -0.1) is 0 Å². The van der Waals surface area contributed by atoms with E-state index in [4.69, 9.17) is 9.72 Å². The van der Waals surface area contributed by atoms with Crippen molar-refractivity contribution in [2.45, 2.75) is 0 Å². The summed E-state index contributed by atoms with van der Waals surface area (Å²) in [6.07, 6.45) is 0. The number of carbonyl (C=O) groups excluding carboxylic acids is 2. The average Bonchev–Trinajstić information content (AvgIpc) is 2.93. The highest BCUT2D eigenvalue weighted by Crippen LogP contribution is 2.27. The minimum Gasteiger partial charge on any atom is -0.495 e. The lowest BCUT2D eigenvalue weighted by molar-refractivity contribution is 0.0673. The SMILES string of the molecule is COc1ccccc1NC(=O)N1CCN(C(=O)c2cc(-c3ccccc3)nc3ccccc23)CC1. The van der Waals surface area contributed by atoms with Gasteiger partial charge in [-0.25, -0.2) is 9.78 Å². The molecule has 0 unspecified atom stereocenters. The monoisotopic (exact) mass is 466 g/mol. The average molecular weight is 467 g/mol. The fraction of sp³-hybridized carbons (Fsp3) is 0.179. The molecule has 1 aromatic heterocycles. The molecule has 0 bridgehead atoms. The molecule has 1 aliphatic rings. The summed E-state index contributed by atoms with van der Waals surface area (Å²) in [5.41, 5.74) is 3.76. The van der Waals surface area contributed by atoms with E-state index in [-0.39, 0.29) is 11.9 Å². The molecule has 3 amide bonds. The van der Waals surface area contributed by atoms with Crippen LogP contribution in [0.3, 0.4) is 0 Å². The number of amides is 3. The Morgan fingerprint density at radius 2 is 1.49 bits per heavy atom. The summed E-state index contributed by atoms with van der Waals surface area (Å²) in [6, 6.07) is 26.5. The van der Waals surface area contributed by atoms with Crippen LogP contribution in [0.25, 0.3) is 22.2 Å². The number of methoxy groups -OCH3 is 1. The number of benzene rings is 3. The number of anilines is 1. The Labute approximate surface area is 204 Å². The Hall–Kier alpha value is -4.39. The van der Waals surface area contributed by atoms with E-state index < -0.39 is 0 Å². The van der Waals surface area contributed by atoms with E-state index in [0.29, 0.717) is 43.2 Å². The molecule has 0 radical (unpaired) electrons. The first-order valence-electron chi connectivity index (χ1n) is 11.6. The highest BCUT2D eigenvalue weighted by molar-refractivity contribution is 6.07. The van der Waals surface area contributed by atoms with Crippen LogP contribution >= 0.6 is 0 Å². The normalized spacial score (nSPS) is 13.5. The summed E-state index contributed by atoms with van der Waals surface area (Å²) in [5.74, 6) is 0.555. The molecule has 7 heteroatoms. The number of piperazine rings is 1. The van der Waals surface area contributed by atoms with Gasteiger partial charge >= 0.3 is 6.03 Å². The zero-order chi connectivity index (χ0) is 24.2. The molecule has 35 heavy (non-hydrogen) atoms. The molecular weight excluding hydrogens is 440 g/mol. The molecular formula is C28H26N4O3. The van der Waals surface area contributed by atoms with Crippen molar-refractivity contribution < 1.29 is 14.3 Å². The summed E-state index contributed by atoms with van der Waals surface area (Å²) in [6.45, 7) is 1.80. The number of hydrogen-bond acceptors (Lipinski definition) is 4. The third-order valence-corrected chi connectivity index (χ3v) is 6.22. The van der Waals surface area contributed by atoms with Gasteiger partial charge in [-0.05, 0) is 24.3 Å². The van der Waals surface area contributed by atoms with Crippen molar-refractivity contribution >= 4 is 28.5 Å². The van der Waals surface area contributed by atoms with Gasteiger partial charge in [0, 0.05) is 37.1 Å². The molecule has 2 heterocycles. The number of nitrogens with zero attached hydrogens (tertiary/aromatic N) is 3. The third-order valence-electron chi connectivity index (χ3n) is 6.22. The van der Waals surface area contributed by atoms with Crippen molar-refractivity contribution in [3.05, 3.63) is 90.5 Å². The van der Waals surface area contributed by atoms with Crippen LogP contribution in [0.4, 0.5) is 10.5 Å². The Bertz CT molecular complexity index is 1370. The van der Waals surface area contributed by atoms with Crippen LogP contribution in [0.15, 0.2) is 84.9 Å². The van der Waals surface area contributed by atoms with Crippen LogP contribution in [-0.4, -0.2) is 60.0 Å². The van der Waals surface area contributed by atoms with Crippen molar-refractivity contribution in [2.24, 2.45) is 0 Å². The number of aromatic nitrogens is 1. The van der Waals surface area contributed by atoms with Crippen LogP contribution in [-0.2, 0) is 0 Å². The lowest BCUT2D eigenvalue weighted by Gasteiger charge is -2.35. The molecule has 7 nitrogen and oxygen atoms in total. The van der Waals surface area contributed by atoms with E-state index >= 15 is 0 Å². The quantitative estimate of drug-likeness (QED) is 0.464. The summed E-state index contributed by atoms with van der Waals surface area (Å²) in [7, 11) is 1.57. The first-order chi connectivity index (χ1) is 17.1. The highest BCUT2D eigenvalue weighted by atomic mass is 16.5. The molecule has 0 spiro atoms. The Morgan fingerprint density at radius 1 is 0.829 bits per heavy atom. The summed E-state index contributed by atoms with van der Waals surface area (Å²) < 4.78 is 5.32. The van der Waals surface area contributed by atoms with Gasteiger partial charge in [0.25, 0.3) is 5.91 Å². The lowest BCUT2D eigenvalue weighted by atomic mass is 10.0. The van der Waals surface area contributed by atoms with E-state index in [1.54, 1.807) is 24.1 Å². The standard InChI is InChI=1S/C28H26N4O3/c1-35-26-14-8-7-13-24(26)30-28(34)32-17-15-31(16-18-32)27(33)22-19-25(20-9-3-2-4-10-20)29-23-12-6-5-11-21(22)23/h2-14,19H,15-18H2,1H3,(H,30,34). The number of nitrogens with one attached hydrogen (secondary N) is 1. The minimum atomic E-state index is -0.206. The molecule has 0 atom stereocenters. The number of urea groups is 1. The van der Waals surface area contributed by atoms with Crippen molar-refractivity contribution in [3.63, 3.8) is 0 Å². The smallest absolute Gasteiger partial charge is 0.322 e. The molecule has 5 rings (SSSR count). The van der Waals surface area contributed by atoms with Gasteiger partial charge in [0.2, 0.25) is 0 Å². The Kier molecular flexibility index (Phi) is 6.30. The molecule has 0 saturated carbocycles. The van der Waals surface area contributed by atoms with Crippen molar-refractivity contribution in [1.82, 2.24) is 14.8 Å². The fourth-order valence-electron chi connectivity index (χ4n) is 4.33. The second-order valence-electron chi connectivity index (χ2n) is 8.35. The maximum absolute atomic E-state index is 13.6. The van der Waals surface area contributed by atoms with Gasteiger partial charge in [-0.1, -0.05) is 60.7 Å². The Balaban J connectivity index is 1.33. The number of pyridine rings is 1. The summed E-state index contributed by atoms with van der Waals surface area (Å²) in [5, 5.41) is 3.73.